The average molecular weight is 477 g/mol. The highest BCUT2D eigenvalue weighted by Crippen LogP contribution is 2.26. The standard InChI is InChI=1S/C28H19N3O5/c1-18-9-14-25(26(15-18)31(34)35)30-27(32)21(17-29)16-19-10-12-22(13-11-19)36-28(33)24-8-4-6-20-5-2-3-7-23(20)24/h2-16H,1H3,(H,30,32)/b21-16+. The highest BCUT2D eigenvalue weighted by atomic mass is 16.6. The predicted octanol–water partition coefficient (Wildman–Crippen LogP) is 5.82. The van der Waals surface area contributed by atoms with Gasteiger partial charge in [-0.05, 0) is 59.2 Å². The quantitative estimate of drug-likeness (QED) is 0.0932. The Labute approximate surface area is 206 Å². The van der Waals surface area contributed by atoms with Crippen molar-refractivity contribution in [2.24, 2.45) is 0 Å². The molecule has 0 saturated carbocycles. The Morgan fingerprint density at radius 3 is 2.44 bits per heavy atom. The molecule has 0 aliphatic heterocycles. The largest absolute Gasteiger partial charge is 0.423 e. The van der Waals surface area contributed by atoms with Crippen LogP contribution in [0, 0.1) is 28.4 Å². The number of ether oxygens (including phenoxy) is 1. The first-order chi connectivity index (χ1) is 17.4. The SMILES string of the molecule is Cc1ccc(NC(=O)/C(C#N)=C/c2ccc(OC(=O)c3cccc4ccccc34)cc2)c([N+](=O)[O-])c1. The van der Waals surface area contributed by atoms with Crippen LogP contribution in [0.4, 0.5) is 11.4 Å². The molecule has 0 atom stereocenters. The van der Waals surface area contributed by atoms with Crippen molar-refractivity contribution in [2.75, 3.05) is 5.32 Å². The first kappa shape index (κ1) is 23.9. The van der Waals surface area contributed by atoms with Gasteiger partial charge >= 0.3 is 5.97 Å². The molecular weight excluding hydrogens is 458 g/mol. The van der Waals surface area contributed by atoms with E-state index in [0.29, 0.717) is 22.4 Å². The number of hydrogen-bond donors (Lipinski definition) is 1. The average Bonchev–Trinajstić information content (AvgIpc) is 2.88. The number of esters is 1. The van der Waals surface area contributed by atoms with Crippen LogP contribution in [0.15, 0.2) is 90.5 Å². The number of nitriles is 1. The lowest BCUT2D eigenvalue weighted by atomic mass is 10.0. The molecule has 4 aromatic carbocycles. The van der Waals surface area contributed by atoms with Crippen molar-refractivity contribution in [3.8, 4) is 11.8 Å². The summed E-state index contributed by atoms with van der Waals surface area (Å²) < 4.78 is 5.50. The molecule has 0 aliphatic rings. The van der Waals surface area contributed by atoms with Crippen LogP contribution in [0.1, 0.15) is 21.5 Å². The Bertz CT molecular complexity index is 1560. The van der Waals surface area contributed by atoms with Crippen LogP contribution in [0.25, 0.3) is 16.8 Å². The van der Waals surface area contributed by atoms with E-state index in [9.17, 15) is 25.0 Å². The van der Waals surface area contributed by atoms with Gasteiger partial charge in [0.25, 0.3) is 11.6 Å². The molecule has 0 saturated heterocycles. The normalized spacial score (nSPS) is 10.9. The maximum absolute atomic E-state index is 12.7. The van der Waals surface area contributed by atoms with Gasteiger partial charge in [0.15, 0.2) is 0 Å². The number of benzene rings is 4. The topological polar surface area (TPSA) is 122 Å². The van der Waals surface area contributed by atoms with Crippen molar-refractivity contribution in [2.45, 2.75) is 6.92 Å². The summed E-state index contributed by atoms with van der Waals surface area (Å²) in [5.74, 6) is -0.994. The van der Waals surface area contributed by atoms with Gasteiger partial charge in [-0.1, -0.05) is 54.6 Å². The number of aryl methyl sites for hydroxylation is 1. The fourth-order valence-electron chi connectivity index (χ4n) is 3.60. The summed E-state index contributed by atoms with van der Waals surface area (Å²) >= 11 is 0. The van der Waals surface area contributed by atoms with E-state index in [-0.39, 0.29) is 16.9 Å². The fraction of sp³-hybridized carbons (Fsp3) is 0.0357. The number of amides is 1. The molecule has 4 aromatic rings. The van der Waals surface area contributed by atoms with Crippen molar-refractivity contribution in [1.29, 1.82) is 5.26 Å². The molecule has 0 aromatic heterocycles. The Balaban J connectivity index is 1.49. The smallest absolute Gasteiger partial charge is 0.344 e. The van der Waals surface area contributed by atoms with E-state index in [4.69, 9.17) is 4.74 Å². The van der Waals surface area contributed by atoms with Crippen LogP contribution in [0.5, 0.6) is 5.75 Å². The second-order valence-corrected chi connectivity index (χ2v) is 7.89. The molecule has 0 aliphatic carbocycles. The molecule has 4 rings (SSSR count). The van der Waals surface area contributed by atoms with Crippen LogP contribution in [0.3, 0.4) is 0 Å². The predicted molar refractivity (Wildman–Crippen MR) is 135 cm³/mol. The van der Waals surface area contributed by atoms with Gasteiger partial charge in [-0.25, -0.2) is 4.79 Å². The van der Waals surface area contributed by atoms with Crippen molar-refractivity contribution in [3.05, 3.63) is 117 Å². The van der Waals surface area contributed by atoms with Crippen LogP contribution < -0.4 is 10.1 Å². The number of hydrogen-bond acceptors (Lipinski definition) is 6. The third-order valence-electron chi connectivity index (χ3n) is 5.37. The zero-order valence-electron chi connectivity index (χ0n) is 19.1. The van der Waals surface area contributed by atoms with Gasteiger partial charge in [0.1, 0.15) is 23.1 Å². The molecular formula is C28H19N3O5. The third kappa shape index (κ3) is 5.26. The minimum Gasteiger partial charge on any atom is -0.423 e. The number of carbonyl (C=O) groups excluding carboxylic acids is 2. The monoisotopic (exact) mass is 477 g/mol. The molecule has 176 valence electrons. The summed E-state index contributed by atoms with van der Waals surface area (Å²) in [5.41, 5.74) is 1.09. The van der Waals surface area contributed by atoms with Gasteiger partial charge in [-0.3, -0.25) is 14.9 Å². The lowest BCUT2D eigenvalue weighted by Gasteiger charge is -2.08. The number of fused-ring (bicyclic) bond motifs is 1. The van der Waals surface area contributed by atoms with E-state index in [1.807, 2.05) is 36.4 Å². The van der Waals surface area contributed by atoms with Crippen LogP contribution in [-0.2, 0) is 4.79 Å². The summed E-state index contributed by atoms with van der Waals surface area (Å²) in [6.07, 6.45) is 1.34. The van der Waals surface area contributed by atoms with Crippen molar-refractivity contribution in [1.82, 2.24) is 0 Å². The number of rotatable bonds is 6. The van der Waals surface area contributed by atoms with E-state index in [1.165, 1.54) is 18.2 Å². The van der Waals surface area contributed by atoms with E-state index in [0.717, 1.165) is 10.8 Å². The lowest BCUT2D eigenvalue weighted by molar-refractivity contribution is -0.384. The fourth-order valence-corrected chi connectivity index (χ4v) is 3.60. The molecule has 1 N–H and O–H groups in total. The van der Waals surface area contributed by atoms with Crippen molar-refractivity contribution >= 4 is 40.1 Å². The number of anilines is 1. The molecule has 0 bridgehead atoms. The van der Waals surface area contributed by atoms with Crippen LogP contribution >= 0.6 is 0 Å². The highest BCUT2D eigenvalue weighted by molar-refractivity contribution is 6.10. The molecule has 0 radical (unpaired) electrons. The third-order valence-corrected chi connectivity index (χ3v) is 5.37. The summed E-state index contributed by atoms with van der Waals surface area (Å²) in [6.45, 7) is 1.70. The number of nitrogens with zero attached hydrogens (tertiary/aromatic N) is 2. The van der Waals surface area contributed by atoms with Crippen molar-refractivity contribution in [3.63, 3.8) is 0 Å². The van der Waals surface area contributed by atoms with Crippen molar-refractivity contribution < 1.29 is 19.2 Å². The first-order valence-corrected chi connectivity index (χ1v) is 10.8. The Hall–Kier alpha value is -5.29. The zero-order valence-corrected chi connectivity index (χ0v) is 19.1. The number of nitrogens with one attached hydrogen (secondary N) is 1. The number of nitro benzene ring substituents is 1. The molecule has 36 heavy (non-hydrogen) atoms. The molecule has 0 unspecified atom stereocenters. The number of carbonyl (C=O) groups is 2. The Morgan fingerprint density at radius 2 is 1.72 bits per heavy atom. The summed E-state index contributed by atoms with van der Waals surface area (Å²) in [6, 6.07) is 25.3. The summed E-state index contributed by atoms with van der Waals surface area (Å²) in [4.78, 5) is 36.0. The second-order valence-electron chi connectivity index (χ2n) is 7.89. The Morgan fingerprint density at radius 1 is 1.00 bits per heavy atom. The second kappa shape index (κ2) is 10.3. The van der Waals surface area contributed by atoms with Crippen LogP contribution in [-0.4, -0.2) is 16.8 Å². The minimum absolute atomic E-state index is 0.00699. The van der Waals surface area contributed by atoms with E-state index in [1.54, 1.807) is 49.4 Å². The van der Waals surface area contributed by atoms with E-state index >= 15 is 0 Å². The summed E-state index contributed by atoms with van der Waals surface area (Å²) in [7, 11) is 0. The van der Waals surface area contributed by atoms with Gasteiger partial charge < -0.3 is 10.1 Å². The van der Waals surface area contributed by atoms with Gasteiger partial charge in [-0.2, -0.15) is 5.26 Å². The first-order valence-electron chi connectivity index (χ1n) is 10.8. The maximum atomic E-state index is 12.7. The molecule has 0 spiro atoms. The number of nitro groups is 1. The van der Waals surface area contributed by atoms with Gasteiger partial charge in [0, 0.05) is 6.07 Å². The zero-order chi connectivity index (χ0) is 25.7. The molecule has 0 heterocycles. The van der Waals surface area contributed by atoms with Crippen LogP contribution in [0.2, 0.25) is 0 Å². The molecule has 0 fully saturated rings. The minimum atomic E-state index is -0.782. The molecule has 1 amide bonds. The van der Waals surface area contributed by atoms with Gasteiger partial charge in [0.05, 0.1) is 10.5 Å². The molecule has 8 heteroatoms. The van der Waals surface area contributed by atoms with Gasteiger partial charge in [-0.15, -0.1) is 0 Å². The maximum Gasteiger partial charge on any atom is 0.344 e. The summed E-state index contributed by atoms with van der Waals surface area (Å²) in [5, 5.41) is 24.9. The van der Waals surface area contributed by atoms with Gasteiger partial charge in [0.2, 0.25) is 0 Å². The van der Waals surface area contributed by atoms with E-state index < -0.39 is 16.8 Å². The molecule has 8 nitrogen and oxygen atoms in total. The Kier molecular flexibility index (Phi) is 6.84. The highest BCUT2D eigenvalue weighted by Gasteiger charge is 2.18. The lowest BCUT2D eigenvalue weighted by Crippen LogP contribution is -2.14. The van der Waals surface area contributed by atoms with E-state index in [2.05, 4.69) is 5.32 Å².